The van der Waals surface area contributed by atoms with Gasteiger partial charge in [-0.3, -0.25) is 14.5 Å². The molecule has 5 N–H and O–H groups in total. The molecular weight excluding hydrogens is 248 g/mol. The maximum Gasteiger partial charge on any atom is 0.238 e. The number of hydrogen-bond donors (Lipinski definition) is 3. The highest BCUT2D eigenvalue weighted by Crippen LogP contribution is 2.26. The summed E-state index contributed by atoms with van der Waals surface area (Å²) in [4.78, 5) is 24.0. The van der Waals surface area contributed by atoms with E-state index in [9.17, 15) is 9.59 Å². The first-order chi connectivity index (χ1) is 8.92. The molecule has 0 radical (unpaired) electrons. The number of carbonyl (C=O) groups is 2. The number of anilines is 2. The SMILES string of the molecule is COc1cc(N)ccc1NC(=O)CN(C)CC(N)=O. The lowest BCUT2D eigenvalue weighted by Gasteiger charge is -2.15. The van der Waals surface area contributed by atoms with Crippen LogP contribution in [0.1, 0.15) is 0 Å². The van der Waals surface area contributed by atoms with Gasteiger partial charge in [-0.15, -0.1) is 0 Å². The van der Waals surface area contributed by atoms with Crippen LogP contribution in [0.3, 0.4) is 0 Å². The van der Waals surface area contributed by atoms with Crippen molar-refractivity contribution in [3.8, 4) is 5.75 Å². The molecular formula is C12H18N4O3. The van der Waals surface area contributed by atoms with Crippen molar-refractivity contribution < 1.29 is 14.3 Å². The first-order valence-corrected chi connectivity index (χ1v) is 5.62. The maximum absolute atomic E-state index is 11.8. The number of ether oxygens (including phenoxy) is 1. The Bertz CT molecular complexity index is 476. The van der Waals surface area contributed by atoms with E-state index in [1.165, 1.54) is 12.0 Å². The Labute approximate surface area is 111 Å². The van der Waals surface area contributed by atoms with Crippen molar-refractivity contribution in [3.05, 3.63) is 18.2 Å². The highest BCUT2D eigenvalue weighted by atomic mass is 16.5. The predicted octanol–water partition coefficient (Wildman–Crippen LogP) is -0.367. The first kappa shape index (κ1) is 14.8. The molecule has 1 rings (SSSR count). The summed E-state index contributed by atoms with van der Waals surface area (Å²) >= 11 is 0. The molecule has 0 bridgehead atoms. The summed E-state index contributed by atoms with van der Waals surface area (Å²) in [5.74, 6) is -0.280. The van der Waals surface area contributed by atoms with Crippen LogP contribution in [0.25, 0.3) is 0 Å². The van der Waals surface area contributed by atoms with Crippen LogP contribution >= 0.6 is 0 Å². The number of likely N-dealkylation sites (N-methyl/N-ethyl adjacent to an activating group) is 1. The van der Waals surface area contributed by atoms with E-state index in [0.717, 1.165) is 0 Å². The minimum atomic E-state index is -0.486. The van der Waals surface area contributed by atoms with Gasteiger partial charge in [0.15, 0.2) is 0 Å². The third-order valence-corrected chi connectivity index (χ3v) is 2.34. The first-order valence-electron chi connectivity index (χ1n) is 5.62. The smallest absolute Gasteiger partial charge is 0.238 e. The number of rotatable bonds is 6. The van der Waals surface area contributed by atoms with Gasteiger partial charge >= 0.3 is 0 Å². The van der Waals surface area contributed by atoms with E-state index in [0.29, 0.717) is 17.1 Å². The summed E-state index contributed by atoms with van der Waals surface area (Å²) in [7, 11) is 3.12. The second-order valence-electron chi connectivity index (χ2n) is 4.15. The highest BCUT2D eigenvalue weighted by molar-refractivity contribution is 5.94. The third-order valence-electron chi connectivity index (χ3n) is 2.34. The Morgan fingerprint density at radius 3 is 2.63 bits per heavy atom. The monoisotopic (exact) mass is 266 g/mol. The van der Waals surface area contributed by atoms with Crippen molar-refractivity contribution in [2.75, 3.05) is 38.3 Å². The normalized spacial score (nSPS) is 10.3. The third kappa shape index (κ3) is 4.84. The molecule has 104 valence electrons. The molecule has 2 amide bonds. The summed E-state index contributed by atoms with van der Waals surface area (Å²) in [6.45, 7) is 0.0722. The van der Waals surface area contributed by atoms with Gasteiger partial charge in [-0.05, 0) is 19.2 Å². The highest BCUT2D eigenvalue weighted by Gasteiger charge is 2.11. The summed E-state index contributed by atoms with van der Waals surface area (Å²) in [6, 6.07) is 4.92. The van der Waals surface area contributed by atoms with Gasteiger partial charge in [0.2, 0.25) is 11.8 Å². The van der Waals surface area contributed by atoms with Gasteiger partial charge in [-0.1, -0.05) is 0 Å². The molecule has 7 heteroatoms. The number of methoxy groups -OCH3 is 1. The van der Waals surface area contributed by atoms with E-state index >= 15 is 0 Å². The molecule has 1 aromatic carbocycles. The van der Waals surface area contributed by atoms with Gasteiger partial charge in [0, 0.05) is 11.8 Å². The molecule has 0 aliphatic rings. The summed E-state index contributed by atoms with van der Waals surface area (Å²) in [6.07, 6.45) is 0. The number of nitrogens with one attached hydrogen (secondary N) is 1. The van der Waals surface area contributed by atoms with Crippen molar-refractivity contribution in [2.24, 2.45) is 5.73 Å². The molecule has 0 unspecified atom stereocenters. The van der Waals surface area contributed by atoms with Crippen LogP contribution in [-0.4, -0.2) is 44.0 Å². The predicted molar refractivity (Wildman–Crippen MR) is 72.7 cm³/mol. The van der Waals surface area contributed by atoms with E-state index < -0.39 is 5.91 Å². The van der Waals surface area contributed by atoms with Crippen LogP contribution in [0.2, 0.25) is 0 Å². The fraction of sp³-hybridized carbons (Fsp3) is 0.333. The molecule has 7 nitrogen and oxygen atoms in total. The van der Waals surface area contributed by atoms with E-state index in [4.69, 9.17) is 16.2 Å². The van der Waals surface area contributed by atoms with E-state index in [1.807, 2.05) is 0 Å². The fourth-order valence-corrected chi connectivity index (χ4v) is 1.57. The molecule has 19 heavy (non-hydrogen) atoms. The van der Waals surface area contributed by atoms with Gasteiger partial charge in [0.1, 0.15) is 5.75 Å². The quantitative estimate of drug-likeness (QED) is 0.608. The van der Waals surface area contributed by atoms with Crippen LogP contribution < -0.4 is 21.5 Å². The summed E-state index contributed by atoms with van der Waals surface area (Å²) < 4.78 is 5.11. The average Bonchev–Trinajstić information content (AvgIpc) is 2.30. The van der Waals surface area contributed by atoms with Crippen LogP contribution in [0, 0.1) is 0 Å². The van der Waals surface area contributed by atoms with Crippen LogP contribution in [0.15, 0.2) is 18.2 Å². The van der Waals surface area contributed by atoms with Gasteiger partial charge in [0.05, 0.1) is 25.9 Å². The standard InChI is InChI=1S/C12H18N4O3/c1-16(6-11(14)17)7-12(18)15-9-4-3-8(13)5-10(9)19-2/h3-5H,6-7,13H2,1-2H3,(H2,14,17)(H,15,18). The van der Waals surface area contributed by atoms with Crippen molar-refractivity contribution in [1.82, 2.24) is 4.90 Å². The molecule has 0 aliphatic heterocycles. The molecule has 0 spiro atoms. The Hall–Kier alpha value is -2.28. The van der Waals surface area contributed by atoms with Crippen LogP contribution in [-0.2, 0) is 9.59 Å². The van der Waals surface area contributed by atoms with Gasteiger partial charge in [0.25, 0.3) is 0 Å². The van der Waals surface area contributed by atoms with Gasteiger partial charge in [-0.2, -0.15) is 0 Å². The molecule has 0 fully saturated rings. The van der Waals surface area contributed by atoms with Crippen molar-refractivity contribution in [3.63, 3.8) is 0 Å². The van der Waals surface area contributed by atoms with Crippen LogP contribution in [0.5, 0.6) is 5.75 Å². The molecule has 0 heterocycles. The van der Waals surface area contributed by atoms with Gasteiger partial charge in [-0.25, -0.2) is 0 Å². The second-order valence-corrected chi connectivity index (χ2v) is 4.15. The zero-order valence-electron chi connectivity index (χ0n) is 11.0. The Morgan fingerprint density at radius 1 is 1.37 bits per heavy atom. The molecule has 0 atom stereocenters. The molecule has 0 aliphatic carbocycles. The second kappa shape index (κ2) is 6.60. The molecule has 0 aromatic heterocycles. The number of nitrogen functional groups attached to an aromatic ring is 1. The minimum Gasteiger partial charge on any atom is -0.494 e. The number of nitrogens with zero attached hydrogens (tertiary/aromatic N) is 1. The summed E-state index contributed by atoms with van der Waals surface area (Å²) in [5.41, 5.74) is 11.7. The van der Waals surface area contributed by atoms with E-state index in [-0.39, 0.29) is 19.0 Å². The van der Waals surface area contributed by atoms with Crippen molar-refractivity contribution in [2.45, 2.75) is 0 Å². The van der Waals surface area contributed by atoms with Gasteiger partial charge < -0.3 is 21.5 Å². The summed E-state index contributed by atoms with van der Waals surface area (Å²) in [5, 5.41) is 2.68. The zero-order valence-corrected chi connectivity index (χ0v) is 11.0. The number of carbonyl (C=O) groups excluding carboxylic acids is 2. The number of benzene rings is 1. The van der Waals surface area contributed by atoms with Crippen LogP contribution in [0.4, 0.5) is 11.4 Å². The zero-order chi connectivity index (χ0) is 14.4. The Morgan fingerprint density at radius 2 is 2.05 bits per heavy atom. The minimum absolute atomic E-state index is 0.0201. The number of primary amides is 1. The number of amides is 2. The topological polar surface area (TPSA) is 111 Å². The molecule has 1 aromatic rings. The van der Waals surface area contributed by atoms with Crippen molar-refractivity contribution >= 4 is 23.2 Å². The molecule has 0 saturated heterocycles. The lowest BCUT2D eigenvalue weighted by Crippen LogP contribution is -2.36. The average molecular weight is 266 g/mol. The Kier molecular flexibility index (Phi) is 5.13. The lowest BCUT2D eigenvalue weighted by atomic mass is 10.2. The lowest BCUT2D eigenvalue weighted by molar-refractivity contribution is -0.120. The number of nitrogens with two attached hydrogens (primary N) is 2. The Balaban J connectivity index is 2.64. The fourth-order valence-electron chi connectivity index (χ4n) is 1.57. The number of hydrogen-bond acceptors (Lipinski definition) is 5. The molecule has 0 saturated carbocycles. The maximum atomic E-state index is 11.8. The largest absolute Gasteiger partial charge is 0.494 e. The van der Waals surface area contributed by atoms with E-state index in [2.05, 4.69) is 5.32 Å². The van der Waals surface area contributed by atoms with E-state index in [1.54, 1.807) is 25.2 Å². The van der Waals surface area contributed by atoms with Crippen molar-refractivity contribution in [1.29, 1.82) is 0 Å².